The lowest BCUT2D eigenvalue weighted by Crippen LogP contribution is -2.41. The third-order valence-corrected chi connectivity index (χ3v) is 4.65. The van der Waals surface area contributed by atoms with Crippen LogP contribution in [0.5, 0.6) is 0 Å². The fraction of sp³-hybridized carbons (Fsp3) is 0.300. The van der Waals surface area contributed by atoms with E-state index in [0.717, 1.165) is 19.6 Å². The van der Waals surface area contributed by atoms with Crippen LogP contribution in [0.4, 0.5) is 5.69 Å². The van der Waals surface area contributed by atoms with Gasteiger partial charge in [0.1, 0.15) is 0 Å². The maximum Gasteiger partial charge on any atom is 0.0389 e. The van der Waals surface area contributed by atoms with Crippen LogP contribution in [0.1, 0.15) is 18.4 Å². The van der Waals surface area contributed by atoms with Crippen molar-refractivity contribution >= 4 is 16.5 Å². The van der Waals surface area contributed by atoms with E-state index in [2.05, 4.69) is 50.5 Å². The number of likely N-dealkylation sites (tertiary alicyclic amines) is 1. The van der Waals surface area contributed by atoms with Crippen molar-refractivity contribution in [1.29, 1.82) is 0 Å². The predicted octanol–water partition coefficient (Wildman–Crippen LogP) is 3.71. The quantitative estimate of drug-likeness (QED) is 0.796. The Hall–Kier alpha value is -2.46. The summed E-state index contributed by atoms with van der Waals surface area (Å²) in [4.78, 5) is 10.9. The summed E-state index contributed by atoms with van der Waals surface area (Å²) in [6.45, 7) is 3.22. The minimum absolute atomic E-state index is 0.495. The van der Waals surface area contributed by atoms with E-state index in [9.17, 15) is 0 Å². The van der Waals surface area contributed by atoms with Crippen molar-refractivity contribution in [3.05, 3.63) is 66.7 Å². The smallest absolute Gasteiger partial charge is 0.0389 e. The Labute approximate surface area is 142 Å². The van der Waals surface area contributed by atoms with Crippen LogP contribution in [0.3, 0.4) is 0 Å². The van der Waals surface area contributed by atoms with Crippen LogP contribution in [-0.4, -0.2) is 34.0 Å². The van der Waals surface area contributed by atoms with Crippen molar-refractivity contribution < 1.29 is 0 Å². The first-order chi connectivity index (χ1) is 11.9. The van der Waals surface area contributed by atoms with Crippen molar-refractivity contribution in [2.75, 3.05) is 18.4 Å². The van der Waals surface area contributed by atoms with Crippen molar-refractivity contribution in [3.8, 4) is 0 Å². The topological polar surface area (TPSA) is 41.1 Å². The summed E-state index contributed by atoms with van der Waals surface area (Å²) in [6, 6.07) is 13.2. The van der Waals surface area contributed by atoms with Crippen molar-refractivity contribution in [3.63, 3.8) is 0 Å². The number of fused-ring (bicyclic) bond motifs is 1. The highest BCUT2D eigenvalue weighted by molar-refractivity contribution is 5.84. The molecule has 4 heteroatoms. The summed E-state index contributed by atoms with van der Waals surface area (Å²) in [5, 5.41) is 6.13. The third kappa shape index (κ3) is 3.54. The van der Waals surface area contributed by atoms with Crippen LogP contribution in [-0.2, 0) is 6.54 Å². The number of anilines is 1. The van der Waals surface area contributed by atoms with Gasteiger partial charge in [0, 0.05) is 55.0 Å². The molecule has 0 aliphatic carbocycles. The molecule has 1 fully saturated rings. The largest absolute Gasteiger partial charge is 0.381 e. The van der Waals surface area contributed by atoms with E-state index >= 15 is 0 Å². The molecular formula is C20H22N4. The van der Waals surface area contributed by atoms with Crippen LogP contribution >= 0.6 is 0 Å². The summed E-state index contributed by atoms with van der Waals surface area (Å²) >= 11 is 0. The maximum absolute atomic E-state index is 4.22. The Morgan fingerprint density at radius 2 is 2.00 bits per heavy atom. The molecule has 4 nitrogen and oxygen atoms in total. The Bertz CT molecular complexity index is 803. The van der Waals surface area contributed by atoms with Gasteiger partial charge in [-0.3, -0.25) is 14.9 Å². The number of benzene rings is 1. The zero-order valence-electron chi connectivity index (χ0n) is 13.7. The van der Waals surface area contributed by atoms with E-state index in [1.165, 1.54) is 34.9 Å². The van der Waals surface area contributed by atoms with Gasteiger partial charge in [0.2, 0.25) is 0 Å². The highest BCUT2D eigenvalue weighted by atomic mass is 15.2. The normalized spacial score (nSPS) is 18.6. The molecule has 4 rings (SSSR count). The van der Waals surface area contributed by atoms with Gasteiger partial charge in [0.25, 0.3) is 0 Å². The molecule has 1 saturated heterocycles. The minimum Gasteiger partial charge on any atom is -0.381 e. The van der Waals surface area contributed by atoms with Crippen LogP contribution in [0.25, 0.3) is 10.8 Å². The summed E-state index contributed by atoms with van der Waals surface area (Å²) in [7, 11) is 0. The number of hydrogen-bond donors (Lipinski definition) is 1. The summed E-state index contributed by atoms with van der Waals surface area (Å²) in [6.07, 6.45) is 10.0. The lowest BCUT2D eigenvalue weighted by atomic mass is 10.0. The number of nitrogens with one attached hydrogen (secondary N) is 1. The second-order valence-corrected chi connectivity index (χ2v) is 6.52. The fourth-order valence-corrected chi connectivity index (χ4v) is 3.48. The first-order valence-electron chi connectivity index (χ1n) is 8.58. The van der Waals surface area contributed by atoms with Gasteiger partial charge in [0.05, 0.1) is 0 Å². The van der Waals surface area contributed by atoms with Gasteiger partial charge in [-0.05, 0) is 54.6 Å². The zero-order valence-corrected chi connectivity index (χ0v) is 13.7. The maximum atomic E-state index is 4.22. The molecule has 0 amide bonds. The van der Waals surface area contributed by atoms with Crippen molar-refractivity contribution in [2.24, 2.45) is 0 Å². The lowest BCUT2D eigenvalue weighted by molar-refractivity contribution is 0.208. The first kappa shape index (κ1) is 15.1. The van der Waals surface area contributed by atoms with Crippen molar-refractivity contribution in [2.45, 2.75) is 25.4 Å². The zero-order chi connectivity index (χ0) is 16.2. The Kier molecular flexibility index (Phi) is 4.38. The Morgan fingerprint density at radius 3 is 2.92 bits per heavy atom. The first-order valence-corrected chi connectivity index (χ1v) is 8.58. The second kappa shape index (κ2) is 6.97. The van der Waals surface area contributed by atoms with E-state index in [-0.39, 0.29) is 0 Å². The molecule has 1 aliphatic rings. The molecule has 0 saturated carbocycles. The molecule has 0 spiro atoms. The standard InChI is InChI=1S/C20H22N4/c1-3-16(12-21-8-1)14-24-10-2-4-20(15-24)23-19-6-5-18-13-22-9-7-17(18)11-19/h1,3,5-9,11-13,20,23H,2,4,10,14-15H2. The molecular weight excluding hydrogens is 296 g/mol. The lowest BCUT2D eigenvalue weighted by Gasteiger charge is -2.33. The highest BCUT2D eigenvalue weighted by Gasteiger charge is 2.19. The minimum atomic E-state index is 0.495. The van der Waals surface area contributed by atoms with Gasteiger partial charge >= 0.3 is 0 Å². The molecule has 24 heavy (non-hydrogen) atoms. The molecule has 0 radical (unpaired) electrons. The van der Waals surface area contributed by atoms with Gasteiger partial charge < -0.3 is 5.32 Å². The highest BCUT2D eigenvalue weighted by Crippen LogP contribution is 2.21. The average molecular weight is 318 g/mol. The average Bonchev–Trinajstić information content (AvgIpc) is 2.63. The number of piperidine rings is 1. The molecule has 2 aromatic heterocycles. The molecule has 1 aromatic carbocycles. The Morgan fingerprint density at radius 1 is 1.04 bits per heavy atom. The summed E-state index contributed by atoms with van der Waals surface area (Å²) in [5.74, 6) is 0. The summed E-state index contributed by atoms with van der Waals surface area (Å²) in [5.41, 5.74) is 2.48. The monoisotopic (exact) mass is 318 g/mol. The van der Waals surface area contributed by atoms with E-state index < -0.39 is 0 Å². The van der Waals surface area contributed by atoms with Gasteiger partial charge in [-0.25, -0.2) is 0 Å². The van der Waals surface area contributed by atoms with Gasteiger partial charge in [-0.1, -0.05) is 12.1 Å². The van der Waals surface area contributed by atoms with Gasteiger partial charge in [0.15, 0.2) is 0 Å². The Balaban J connectivity index is 1.42. The van der Waals surface area contributed by atoms with Gasteiger partial charge in [-0.2, -0.15) is 0 Å². The predicted molar refractivity (Wildman–Crippen MR) is 97.9 cm³/mol. The molecule has 1 unspecified atom stereocenters. The molecule has 3 aromatic rings. The second-order valence-electron chi connectivity index (χ2n) is 6.52. The van der Waals surface area contributed by atoms with Crippen LogP contribution in [0.2, 0.25) is 0 Å². The SMILES string of the molecule is c1cncc(CN2CCCC(Nc3ccc4cnccc4c3)C2)c1. The van der Waals surface area contributed by atoms with Crippen LogP contribution < -0.4 is 5.32 Å². The molecule has 1 aliphatic heterocycles. The van der Waals surface area contributed by atoms with E-state index in [1.807, 2.05) is 30.9 Å². The molecule has 1 atom stereocenters. The number of aromatic nitrogens is 2. The number of nitrogens with zero attached hydrogens (tertiary/aromatic N) is 3. The van der Waals surface area contributed by atoms with E-state index in [0.29, 0.717) is 6.04 Å². The molecule has 0 bridgehead atoms. The molecule has 3 heterocycles. The fourth-order valence-electron chi connectivity index (χ4n) is 3.48. The molecule has 1 N–H and O–H groups in total. The number of hydrogen-bond acceptors (Lipinski definition) is 4. The van der Waals surface area contributed by atoms with Gasteiger partial charge in [-0.15, -0.1) is 0 Å². The number of pyridine rings is 2. The number of rotatable bonds is 4. The van der Waals surface area contributed by atoms with E-state index in [1.54, 1.807) is 0 Å². The molecule has 122 valence electrons. The van der Waals surface area contributed by atoms with Crippen LogP contribution in [0, 0.1) is 0 Å². The van der Waals surface area contributed by atoms with Crippen molar-refractivity contribution in [1.82, 2.24) is 14.9 Å². The summed E-state index contributed by atoms with van der Waals surface area (Å²) < 4.78 is 0. The van der Waals surface area contributed by atoms with Crippen LogP contribution in [0.15, 0.2) is 61.2 Å². The van der Waals surface area contributed by atoms with E-state index in [4.69, 9.17) is 0 Å². The third-order valence-electron chi connectivity index (χ3n) is 4.65.